The lowest BCUT2D eigenvalue weighted by atomic mass is 10.1. The van der Waals surface area contributed by atoms with Gasteiger partial charge in [0, 0.05) is 26.2 Å². The summed E-state index contributed by atoms with van der Waals surface area (Å²) in [5.41, 5.74) is -0.362. The molecule has 1 aliphatic heterocycles. The molecule has 0 radical (unpaired) electrons. The molecule has 1 aromatic carbocycles. The topological polar surface area (TPSA) is 83.7 Å². The third-order valence-electron chi connectivity index (χ3n) is 3.26. The van der Waals surface area contributed by atoms with Crippen LogP contribution in [-0.2, 0) is 10.2 Å². The summed E-state index contributed by atoms with van der Waals surface area (Å²) in [6, 6.07) is 2.65. The second-order valence-corrected chi connectivity index (χ2v) is 6.26. The Kier molecular flexibility index (Phi) is 4.55. The molecule has 0 saturated carbocycles. The lowest BCUT2D eigenvalue weighted by molar-refractivity contribution is 0.0759. The SMILES string of the molecule is NS(=O)(=O)N1CCCN(C(=O)c2cc(F)ccc2F)CC1. The van der Waals surface area contributed by atoms with E-state index in [2.05, 4.69) is 0 Å². The van der Waals surface area contributed by atoms with Crippen molar-refractivity contribution in [3.05, 3.63) is 35.4 Å². The maximum atomic E-state index is 13.6. The highest BCUT2D eigenvalue weighted by Crippen LogP contribution is 2.14. The van der Waals surface area contributed by atoms with Gasteiger partial charge in [0.25, 0.3) is 16.1 Å². The van der Waals surface area contributed by atoms with E-state index in [0.717, 1.165) is 22.5 Å². The smallest absolute Gasteiger partial charge is 0.276 e. The van der Waals surface area contributed by atoms with Crippen LogP contribution in [-0.4, -0.2) is 49.7 Å². The second kappa shape index (κ2) is 6.04. The number of rotatable bonds is 2. The van der Waals surface area contributed by atoms with Crippen molar-refractivity contribution in [2.75, 3.05) is 26.2 Å². The number of amides is 1. The molecule has 1 amide bonds. The minimum Gasteiger partial charge on any atom is -0.337 e. The first kappa shape index (κ1) is 15.8. The summed E-state index contributed by atoms with van der Waals surface area (Å²) in [5.74, 6) is -2.18. The van der Waals surface area contributed by atoms with Crippen LogP contribution in [0.25, 0.3) is 0 Å². The van der Waals surface area contributed by atoms with Crippen molar-refractivity contribution in [1.29, 1.82) is 0 Å². The third-order valence-corrected chi connectivity index (χ3v) is 4.35. The molecule has 1 aromatic rings. The van der Waals surface area contributed by atoms with Crippen LogP contribution in [0.1, 0.15) is 16.8 Å². The Hall–Kier alpha value is -1.58. The molecule has 1 aliphatic rings. The zero-order chi connectivity index (χ0) is 15.6. The zero-order valence-electron chi connectivity index (χ0n) is 11.1. The van der Waals surface area contributed by atoms with Gasteiger partial charge in [0.15, 0.2) is 0 Å². The van der Waals surface area contributed by atoms with Gasteiger partial charge in [0.2, 0.25) is 0 Å². The molecule has 0 aromatic heterocycles. The highest BCUT2D eigenvalue weighted by Gasteiger charge is 2.26. The monoisotopic (exact) mass is 319 g/mol. The number of nitrogens with two attached hydrogens (primary N) is 1. The summed E-state index contributed by atoms with van der Waals surface area (Å²) < 4.78 is 50.3. The minimum absolute atomic E-state index is 0.0293. The van der Waals surface area contributed by atoms with Gasteiger partial charge in [0.1, 0.15) is 11.6 Å². The van der Waals surface area contributed by atoms with Gasteiger partial charge in [-0.3, -0.25) is 4.79 Å². The Bertz CT molecular complexity index is 651. The standard InChI is InChI=1S/C12H15F2N3O3S/c13-9-2-3-11(14)10(8-9)12(18)16-4-1-5-17(7-6-16)21(15,19)20/h2-3,8H,1,4-7H2,(H2,15,19,20). The van der Waals surface area contributed by atoms with Gasteiger partial charge in [0.05, 0.1) is 5.56 Å². The maximum absolute atomic E-state index is 13.6. The van der Waals surface area contributed by atoms with Crippen LogP contribution in [0.2, 0.25) is 0 Å². The highest BCUT2D eigenvalue weighted by molar-refractivity contribution is 7.86. The maximum Gasteiger partial charge on any atom is 0.276 e. The summed E-state index contributed by atoms with van der Waals surface area (Å²) in [7, 11) is -3.82. The van der Waals surface area contributed by atoms with Gasteiger partial charge in [-0.15, -0.1) is 0 Å². The summed E-state index contributed by atoms with van der Waals surface area (Å²) in [4.78, 5) is 13.5. The molecule has 9 heteroatoms. The molecule has 0 atom stereocenters. The number of nitrogens with zero attached hydrogens (tertiary/aromatic N) is 2. The van der Waals surface area contributed by atoms with Crippen LogP contribution in [0.3, 0.4) is 0 Å². The fourth-order valence-corrected chi connectivity index (χ4v) is 2.90. The molecule has 0 unspecified atom stereocenters. The van der Waals surface area contributed by atoms with Crippen molar-refractivity contribution in [2.24, 2.45) is 5.14 Å². The van der Waals surface area contributed by atoms with E-state index in [0.29, 0.717) is 6.42 Å². The van der Waals surface area contributed by atoms with Crippen molar-refractivity contribution in [1.82, 2.24) is 9.21 Å². The first-order valence-corrected chi connectivity index (χ1v) is 7.81. The van der Waals surface area contributed by atoms with Crippen molar-refractivity contribution in [2.45, 2.75) is 6.42 Å². The fraction of sp³-hybridized carbons (Fsp3) is 0.417. The Balaban J connectivity index is 2.15. The molecule has 21 heavy (non-hydrogen) atoms. The summed E-state index contributed by atoms with van der Waals surface area (Å²) in [6.45, 7) is 0.543. The average molecular weight is 319 g/mol. The molecule has 1 heterocycles. The number of hydrogen-bond donors (Lipinski definition) is 1. The number of carbonyl (C=O) groups excluding carboxylic acids is 1. The number of benzene rings is 1. The predicted molar refractivity (Wildman–Crippen MR) is 71.6 cm³/mol. The third kappa shape index (κ3) is 3.74. The molecule has 2 rings (SSSR count). The minimum atomic E-state index is -3.82. The van der Waals surface area contributed by atoms with Gasteiger partial charge in [-0.05, 0) is 24.6 Å². The van der Waals surface area contributed by atoms with Crippen LogP contribution >= 0.6 is 0 Å². The van der Waals surface area contributed by atoms with E-state index in [-0.39, 0.29) is 31.7 Å². The van der Waals surface area contributed by atoms with Crippen LogP contribution in [0.4, 0.5) is 8.78 Å². The largest absolute Gasteiger partial charge is 0.337 e. The van der Waals surface area contributed by atoms with Gasteiger partial charge in [-0.1, -0.05) is 0 Å². The molecule has 0 aliphatic carbocycles. The highest BCUT2D eigenvalue weighted by atomic mass is 32.2. The Morgan fingerprint density at radius 1 is 1.14 bits per heavy atom. The van der Waals surface area contributed by atoms with Crippen LogP contribution in [0, 0.1) is 11.6 Å². The quantitative estimate of drug-likeness (QED) is 0.852. The summed E-state index contributed by atoms with van der Waals surface area (Å²) in [5, 5.41) is 5.04. The lowest BCUT2D eigenvalue weighted by Gasteiger charge is -2.21. The molecule has 2 N–H and O–H groups in total. The van der Waals surface area contributed by atoms with Crippen molar-refractivity contribution in [3.8, 4) is 0 Å². The van der Waals surface area contributed by atoms with Crippen LogP contribution in [0.5, 0.6) is 0 Å². The molecular weight excluding hydrogens is 304 g/mol. The number of hydrogen-bond acceptors (Lipinski definition) is 3. The second-order valence-electron chi connectivity index (χ2n) is 4.71. The predicted octanol–water partition coefficient (Wildman–Crippen LogP) is 0.316. The number of halogens is 2. The molecule has 0 spiro atoms. The molecule has 6 nitrogen and oxygen atoms in total. The van der Waals surface area contributed by atoms with Crippen LogP contribution < -0.4 is 5.14 Å². The van der Waals surface area contributed by atoms with E-state index in [1.807, 2.05) is 0 Å². The van der Waals surface area contributed by atoms with Gasteiger partial charge in [-0.2, -0.15) is 12.7 Å². The summed E-state index contributed by atoms with van der Waals surface area (Å²) in [6.07, 6.45) is 0.374. The van der Waals surface area contributed by atoms with Crippen molar-refractivity contribution in [3.63, 3.8) is 0 Å². The van der Waals surface area contributed by atoms with E-state index in [1.54, 1.807) is 0 Å². The fourth-order valence-electron chi connectivity index (χ4n) is 2.18. The van der Waals surface area contributed by atoms with E-state index in [1.165, 1.54) is 4.90 Å². The normalized spacial score (nSPS) is 17.6. The first-order valence-electron chi connectivity index (χ1n) is 6.31. The zero-order valence-corrected chi connectivity index (χ0v) is 11.9. The summed E-state index contributed by atoms with van der Waals surface area (Å²) >= 11 is 0. The lowest BCUT2D eigenvalue weighted by Crippen LogP contribution is -2.40. The van der Waals surface area contributed by atoms with Crippen molar-refractivity contribution < 1.29 is 22.0 Å². The van der Waals surface area contributed by atoms with E-state index < -0.39 is 27.8 Å². The Labute approximate surface area is 121 Å². The van der Waals surface area contributed by atoms with Gasteiger partial charge < -0.3 is 4.90 Å². The van der Waals surface area contributed by atoms with E-state index >= 15 is 0 Å². The molecule has 1 fully saturated rings. The Morgan fingerprint density at radius 3 is 2.52 bits per heavy atom. The van der Waals surface area contributed by atoms with Gasteiger partial charge in [-0.25, -0.2) is 13.9 Å². The van der Waals surface area contributed by atoms with E-state index in [4.69, 9.17) is 5.14 Å². The van der Waals surface area contributed by atoms with Crippen LogP contribution in [0.15, 0.2) is 18.2 Å². The Morgan fingerprint density at radius 2 is 1.86 bits per heavy atom. The average Bonchev–Trinajstić information content (AvgIpc) is 2.66. The first-order chi connectivity index (χ1) is 9.79. The molecular formula is C12H15F2N3O3S. The van der Waals surface area contributed by atoms with Gasteiger partial charge >= 0.3 is 0 Å². The molecule has 1 saturated heterocycles. The molecule has 0 bridgehead atoms. The van der Waals surface area contributed by atoms with Crippen molar-refractivity contribution >= 4 is 16.1 Å². The molecule has 116 valence electrons. The number of carbonyl (C=O) groups is 1. The van der Waals surface area contributed by atoms with E-state index in [9.17, 15) is 22.0 Å².